The average Bonchev–Trinajstić information content (AvgIpc) is 2.75. The minimum Gasteiger partial charge on any atom is -0.333 e. The number of fused-ring (bicyclic) bond motifs is 1. The lowest BCUT2D eigenvalue weighted by Gasteiger charge is -2.19. The van der Waals surface area contributed by atoms with Crippen LogP contribution in [0.15, 0.2) is 30.5 Å². The predicted octanol–water partition coefficient (Wildman–Crippen LogP) is 2.48. The summed E-state index contributed by atoms with van der Waals surface area (Å²) < 4.78 is 14.9. The maximum atomic E-state index is 12.8. The Labute approximate surface area is 99.1 Å². The lowest BCUT2D eigenvalue weighted by atomic mass is 10.1. The van der Waals surface area contributed by atoms with Gasteiger partial charge in [0, 0.05) is 18.3 Å². The Kier molecular flexibility index (Phi) is 2.44. The van der Waals surface area contributed by atoms with Gasteiger partial charge in [0.2, 0.25) is 0 Å². The van der Waals surface area contributed by atoms with Crippen LogP contribution in [-0.4, -0.2) is 9.55 Å². The number of hydrogen-bond donors (Lipinski definition) is 1. The van der Waals surface area contributed by atoms with E-state index in [1.54, 1.807) is 12.1 Å². The summed E-state index contributed by atoms with van der Waals surface area (Å²) in [6.07, 6.45) is 4.08. The zero-order chi connectivity index (χ0) is 11.8. The van der Waals surface area contributed by atoms with Gasteiger partial charge in [-0.25, -0.2) is 9.37 Å². The molecule has 0 radical (unpaired) electrons. The molecule has 4 heteroatoms. The number of benzene rings is 1. The van der Waals surface area contributed by atoms with Crippen molar-refractivity contribution in [2.75, 3.05) is 0 Å². The number of nitrogens with two attached hydrogens (primary N) is 1. The molecule has 0 amide bonds. The van der Waals surface area contributed by atoms with Crippen LogP contribution in [0.1, 0.15) is 24.7 Å². The maximum absolute atomic E-state index is 12.8. The molecule has 1 aliphatic heterocycles. The van der Waals surface area contributed by atoms with Gasteiger partial charge in [-0.1, -0.05) is 0 Å². The van der Waals surface area contributed by atoms with Crippen LogP contribution >= 0.6 is 0 Å². The zero-order valence-corrected chi connectivity index (χ0v) is 9.44. The Bertz CT molecular complexity index is 530. The molecular weight excluding hydrogens is 217 g/mol. The Morgan fingerprint density at radius 1 is 1.29 bits per heavy atom. The van der Waals surface area contributed by atoms with E-state index in [0.29, 0.717) is 0 Å². The number of hydrogen-bond acceptors (Lipinski definition) is 2. The number of rotatable bonds is 1. The number of nitrogens with zero attached hydrogens (tertiary/aromatic N) is 2. The van der Waals surface area contributed by atoms with Gasteiger partial charge in [-0.15, -0.1) is 0 Å². The number of aryl methyl sites for hydroxylation is 1. The summed E-state index contributed by atoms with van der Waals surface area (Å²) in [6, 6.07) is 6.42. The third-order valence-electron chi connectivity index (χ3n) is 3.19. The van der Waals surface area contributed by atoms with E-state index in [1.165, 1.54) is 12.1 Å². The van der Waals surface area contributed by atoms with Crippen molar-refractivity contribution in [1.29, 1.82) is 0 Å². The van der Waals surface area contributed by atoms with Gasteiger partial charge in [0.25, 0.3) is 0 Å². The highest BCUT2D eigenvalue weighted by Crippen LogP contribution is 2.26. The van der Waals surface area contributed by atoms with Gasteiger partial charge in [-0.05, 0) is 37.1 Å². The van der Waals surface area contributed by atoms with Gasteiger partial charge in [0.15, 0.2) is 0 Å². The van der Waals surface area contributed by atoms with E-state index in [2.05, 4.69) is 9.55 Å². The molecule has 88 valence electrons. The van der Waals surface area contributed by atoms with Crippen LogP contribution in [0.25, 0.3) is 11.3 Å². The molecule has 0 saturated heterocycles. The Balaban J connectivity index is 2.02. The van der Waals surface area contributed by atoms with Crippen LogP contribution in [0.2, 0.25) is 0 Å². The van der Waals surface area contributed by atoms with E-state index in [-0.39, 0.29) is 11.9 Å². The molecule has 3 nitrogen and oxygen atoms in total. The third kappa shape index (κ3) is 1.85. The van der Waals surface area contributed by atoms with Crippen molar-refractivity contribution in [3.63, 3.8) is 0 Å². The first-order valence-corrected chi connectivity index (χ1v) is 5.82. The first kappa shape index (κ1) is 10.5. The van der Waals surface area contributed by atoms with Crippen LogP contribution in [0, 0.1) is 5.82 Å². The van der Waals surface area contributed by atoms with Crippen molar-refractivity contribution in [1.82, 2.24) is 9.55 Å². The average molecular weight is 231 g/mol. The molecule has 0 fully saturated rings. The molecule has 1 aliphatic rings. The largest absolute Gasteiger partial charge is 0.333 e. The van der Waals surface area contributed by atoms with Crippen LogP contribution in [0.5, 0.6) is 0 Å². The topological polar surface area (TPSA) is 43.8 Å². The van der Waals surface area contributed by atoms with Gasteiger partial charge in [-0.2, -0.15) is 0 Å². The van der Waals surface area contributed by atoms with Crippen molar-refractivity contribution in [3.8, 4) is 11.3 Å². The molecule has 0 aliphatic carbocycles. The van der Waals surface area contributed by atoms with Crippen molar-refractivity contribution in [3.05, 3.63) is 42.1 Å². The number of halogens is 1. The van der Waals surface area contributed by atoms with E-state index in [9.17, 15) is 4.39 Å². The molecule has 0 unspecified atom stereocenters. The Morgan fingerprint density at radius 3 is 2.76 bits per heavy atom. The number of aromatic nitrogens is 2. The second-order valence-electron chi connectivity index (χ2n) is 4.43. The van der Waals surface area contributed by atoms with Gasteiger partial charge in [0.05, 0.1) is 11.7 Å². The molecule has 0 bridgehead atoms. The van der Waals surface area contributed by atoms with Crippen molar-refractivity contribution in [2.24, 2.45) is 5.73 Å². The van der Waals surface area contributed by atoms with Gasteiger partial charge in [-0.3, -0.25) is 0 Å². The standard InChI is InChI=1S/C13H14FN3/c14-10-5-3-9(4-6-10)12-8-17-7-1-2-11(15)13(17)16-12/h3-6,8,11H,1-2,7,15H2/t11-/m0/s1. The SMILES string of the molecule is N[C@H]1CCCn2cc(-c3ccc(F)cc3)nc21. The monoisotopic (exact) mass is 231 g/mol. The first-order valence-electron chi connectivity index (χ1n) is 5.82. The second-order valence-corrected chi connectivity index (χ2v) is 4.43. The van der Waals surface area contributed by atoms with Crippen LogP contribution < -0.4 is 5.73 Å². The van der Waals surface area contributed by atoms with E-state index in [1.807, 2.05) is 6.20 Å². The quantitative estimate of drug-likeness (QED) is 0.819. The molecule has 2 aromatic rings. The number of imidazole rings is 1. The Morgan fingerprint density at radius 2 is 2.06 bits per heavy atom. The van der Waals surface area contributed by atoms with E-state index in [4.69, 9.17) is 5.73 Å². The summed E-state index contributed by atoms with van der Waals surface area (Å²) >= 11 is 0. The highest BCUT2D eigenvalue weighted by atomic mass is 19.1. The minimum absolute atomic E-state index is 0.0259. The lowest BCUT2D eigenvalue weighted by molar-refractivity contribution is 0.451. The molecule has 1 aromatic carbocycles. The molecule has 0 spiro atoms. The third-order valence-corrected chi connectivity index (χ3v) is 3.19. The van der Waals surface area contributed by atoms with Crippen molar-refractivity contribution < 1.29 is 4.39 Å². The summed E-state index contributed by atoms with van der Waals surface area (Å²) in [6.45, 7) is 0.969. The molecule has 1 atom stereocenters. The maximum Gasteiger partial charge on any atom is 0.126 e. The molecule has 2 heterocycles. The van der Waals surface area contributed by atoms with Crippen LogP contribution in [0.3, 0.4) is 0 Å². The highest BCUT2D eigenvalue weighted by Gasteiger charge is 2.19. The molecule has 0 saturated carbocycles. The van der Waals surface area contributed by atoms with E-state index < -0.39 is 0 Å². The molecule has 17 heavy (non-hydrogen) atoms. The summed E-state index contributed by atoms with van der Waals surface area (Å²) in [5.74, 6) is 0.713. The lowest BCUT2D eigenvalue weighted by Crippen LogP contribution is -2.21. The highest BCUT2D eigenvalue weighted by molar-refractivity contribution is 5.58. The van der Waals surface area contributed by atoms with E-state index >= 15 is 0 Å². The summed E-state index contributed by atoms with van der Waals surface area (Å²) in [5.41, 5.74) is 7.82. The fourth-order valence-electron chi connectivity index (χ4n) is 2.28. The van der Waals surface area contributed by atoms with Crippen molar-refractivity contribution in [2.45, 2.75) is 25.4 Å². The zero-order valence-electron chi connectivity index (χ0n) is 9.44. The predicted molar refractivity (Wildman–Crippen MR) is 63.8 cm³/mol. The van der Waals surface area contributed by atoms with Gasteiger partial charge < -0.3 is 10.3 Å². The van der Waals surface area contributed by atoms with Gasteiger partial charge >= 0.3 is 0 Å². The minimum atomic E-state index is -0.227. The summed E-state index contributed by atoms with van der Waals surface area (Å²) in [4.78, 5) is 4.55. The van der Waals surface area contributed by atoms with E-state index in [0.717, 1.165) is 36.5 Å². The second kappa shape index (κ2) is 3.96. The molecule has 2 N–H and O–H groups in total. The van der Waals surface area contributed by atoms with Crippen molar-refractivity contribution >= 4 is 0 Å². The van der Waals surface area contributed by atoms with Crippen LogP contribution in [0.4, 0.5) is 4.39 Å². The van der Waals surface area contributed by atoms with Gasteiger partial charge in [0.1, 0.15) is 11.6 Å². The smallest absolute Gasteiger partial charge is 0.126 e. The normalized spacial score (nSPS) is 19.1. The molecule has 1 aromatic heterocycles. The molecular formula is C13H14FN3. The van der Waals surface area contributed by atoms with Crippen LogP contribution in [-0.2, 0) is 6.54 Å². The fraction of sp³-hybridized carbons (Fsp3) is 0.308. The molecule has 3 rings (SSSR count). The fourth-order valence-corrected chi connectivity index (χ4v) is 2.28. The summed E-state index contributed by atoms with van der Waals surface area (Å²) in [7, 11) is 0. The summed E-state index contributed by atoms with van der Waals surface area (Å²) in [5, 5.41) is 0. The Hall–Kier alpha value is -1.68. The first-order chi connectivity index (χ1) is 8.24.